The molecule has 0 fully saturated rings. The lowest BCUT2D eigenvalue weighted by Gasteiger charge is -2.10. The van der Waals surface area contributed by atoms with Crippen molar-refractivity contribution in [3.63, 3.8) is 0 Å². The van der Waals surface area contributed by atoms with Gasteiger partial charge < -0.3 is 5.32 Å². The molecule has 0 unspecified atom stereocenters. The first-order chi connectivity index (χ1) is 10.3. The molecule has 114 valence electrons. The van der Waals surface area contributed by atoms with Crippen molar-refractivity contribution in [3.8, 4) is 0 Å². The molecule has 1 amide bonds. The number of nitrogens with zero attached hydrogens (tertiary/aromatic N) is 1. The Morgan fingerprint density at radius 1 is 1.32 bits per heavy atom. The molecule has 0 saturated carbocycles. The minimum atomic E-state index is -1.40. The smallest absolute Gasteiger partial charge is 0.317 e. The predicted molar refractivity (Wildman–Crippen MR) is 79.8 cm³/mol. The molecule has 8 heteroatoms. The second kappa shape index (κ2) is 6.18. The Hall–Kier alpha value is -2.35. The number of anilines is 1. The van der Waals surface area contributed by atoms with E-state index in [2.05, 4.69) is 21.2 Å². The lowest BCUT2D eigenvalue weighted by atomic mass is 10.1. The van der Waals surface area contributed by atoms with Crippen molar-refractivity contribution in [2.75, 3.05) is 5.32 Å². The van der Waals surface area contributed by atoms with Gasteiger partial charge in [0.15, 0.2) is 0 Å². The first-order valence-corrected chi connectivity index (χ1v) is 6.80. The second-order valence-corrected chi connectivity index (χ2v) is 5.26. The SMILES string of the molecule is Cc1c(Br)cccc1NC(=O)c1cc(F)cc(F)c1[N+](=O)[O-]. The molecule has 0 aliphatic heterocycles. The van der Waals surface area contributed by atoms with Crippen LogP contribution in [0.25, 0.3) is 0 Å². The summed E-state index contributed by atoms with van der Waals surface area (Å²) in [5, 5.41) is 13.3. The highest BCUT2D eigenvalue weighted by Gasteiger charge is 2.27. The minimum Gasteiger partial charge on any atom is -0.321 e. The van der Waals surface area contributed by atoms with Crippen LogP contribution in [0, 0.1) is 28.7 Å². The molecule has 0 spiro atoms. The van der Waals surface area contributed by atoms with E-state index < -0.39 is 33.7 Å². The first kappa shape index (κ1) is 16.0. The Labute approximate surface area is 132 Å². The molecule has 22 heavy (non-hydrogen) atoms. The molecule has 0 heterocycles. The molecule has 2 aromatic carbocycles. The van der Waals surface area contributed by atoms with E-state index in [-0.39, 0.29) is 0 Å². The molecule has 2 rings (SSSR count). The maximum absolute atomic E-state index is 13.5. The van der Waals surface area contributed by atoms with Crippen LogP contribution in [0.3, 0.4) is 0 Å². The van der Waals surface area contributed by atoms with Gasteiger partial charge in [-0.1, -0.05) is 22.0 Å². The fraction of sp³-hybridized carbons (Fsp3) is 0.0714. The monoisotopic (exact) mass is 370 g/mol. The third-order valence-corrected chi connectivity index (χ3v) is 3.83. The van der Waals surface area contributed by atoms with Gasteiger partial charge >= 0.3 is 5.69 Å². The molecular formula is C14H9BrF2N2O3. The van der Waals surface area contributed by atoms with Gasteiger partial charge in [-0.25, -0.2) is 4.39 Å². The van der Waals surface area contributed by atoms with Gasteiger partial charge in [-0.2, -0.15) is 4.39 Å². The van der Waals surface area contributed by atoms with Crippen LogP contribution < -0.4 is 5.32 Å². The van der Waals surface area contributed by atoms with Crippen molar-refractivity contribution < 1.29 is 18.5 Å². The van der Waals surface area contributed by atoms with Crippen LogP contribution >= 0.6 is 15.9 Å². The largest absolute Gasteiger partial charge is 0.321 e. The average Bonchev–Trinajstić information content (AvgIpc) is 2.42. The summed E-state index contributed by atoms with van der Waals surface area (Å²) in [4.78, 5) is 22.0. The highest BCUT2D eigenvalue weighted by Crippen LogP contribution is 2.27. The van der Waals surface area contributed by atoms with Gasteiger partial charge in [0.25, 0.3) is 5.91 Å². The van der Waals surface area contributed by atoms with E-state index >= 15 is 0 Å². The van der Waals surface area contributed by atoms with E-state index in [0.29, 0.717) is 27.9 Å². The number of nitro benzene ring substituents is 1. The first-order valence-electron chi connectivity index (χ1n) is 6.01. The predicted octanol–water partition coefficient (Wildman–Crippen LogP) is 4.20. The van der Waals surface area contributed by atoms with E-state index in [1.807, 2.05) is 0 Å². The lowest BCUT2D eigenvalue weighted by Crippen LogP contribution is -2.16. The maximum Gasteiger partial charge on any atom is 0.317 e. The van der Waals surface area contributed by atoms with Crippen LogP contribution in [0.4, 0.5) is 20.2 Å². The minimum absolute atomic E-state index is 0.360. The molecular weight excluding hydrogens is 362 g/mol. The zero-order valence-electron chi connectivity index (χ0n) is 11.2. The van der Waals surface area contributed by atoms with Gasteiger partial charge in [0.05, 0.1) is 4.92 Å². The summed E-state index contributed by atoms with van der Waals surface area (Å²) in [6.45, 7) is 1.71. The summed E-state index contributed by atoms with van der Waals surface area (Å²) in [5.74, 6) is -3.44. The highest BCUT2D eigenvalue weighted by molar-refractivity contribution is 9.10. The number of hydrogen-bond acceptors (Lipinski definition) is 3. The molecule has 0 aliphatic carbocycles. The van der Waals surface area contributed by atoms with Gasteiger partial charge in [0.2, 0.25) is 5.82 Å². The summed E-state index contributed by atoms with van der Waals surface area (Å²) in [7, 11) is 0. The summed E-state index contributed by atoms with van der Waals surface area (Å²) < 4.78 is 27.5. The summed E-state index contributed by atoms with van der Waals surface area (Å²) >= 11 is 3.27. The van der Waals surface area contributed by atoms with Crippen molar-refractivity contribution in [2.45, 2.75) is 6.92 Å². The highest BCUT2D eigenvalue weighted by atomic mass is 79.9. The Balaban J connectivity index is 2.46. The van der Waals surface area contributed by atoms with E-state index in [9.17, 15) is 23.7 Å². The standard InChI is InChI=1S/C14H9BrF2N2O3/c1-7-10(15)3-2-4-12(7)18-14(20)9-5-8(16)6-11(17)13(9)19(21)22/h2-6H,1H3,(H,18,20). The summed E-state index contributed by atoms with van der Waals surface area (Å²) in [6, 6.07) is 5.95. The van der Waals surface area contributed by atoms with Gasteiger partial charge in [-0.05, 0) is 30.7 Å². The number of benzene rings is 2. The van der Waals surface area contributed by atoms with Crippen LogP contribution in [0.15, 0.2) is 34.8 Å². The molecule has 0 aromatic heterocycles. The molecule has 0 bridgehead atoms. The summed E-state index contributed by atoms with van der Waals surface area (Å²) in [6.07, 6.45) is 0. The molecule has 0 radical (unpaired) electrons. The van der Waals surface area contributed by atoms with E-state index in [4.69, 9.17) is 0 Å². The Bertz CT molecular complexity index is 781. The quantitative estimate of drug-likeness (QED) is 0.650. The van der Waals surface area contributed by atoms with Gasteiger partial charge in [-0.15, -0.1) is 0 Å². The number of rotatable bonds is 3. The van der Waals surface area contributed by atoms with Crippen molar-refractivity contribution >= 4 is 33.2 Å². The Morgan fingerprint density at radius 2 is 2.00 bits per heavy atom. The van der Waals surface area contributed by atoms with Crippen molar-refractivity contribution in [3.05, 3.63) is 67.7 Å². The van der Waals surface area contributed by atoms with E-state index in [1.54, 1.807) is 25.1 Å². The number of carbonyl (C=O) groups is 1. The van der Waals surface area contributed by atoms with E-state index in [0.717, 1.165) is 0 Å². The zero-order valence-corrected chi connectivity index (χ0v) is 12.8. The Morgan fingerprint density at radius 3 is 2.64 bits per heavy atom. The van der Waals surface area contributed by atoms with Crippen LogP contribution in [0.2, 0.25) is 0 Å². The zero-order chi connectivity index (χ0) is 16.4. The van der Waals surface area contributed by atoms with E-state index in [1.165, 1.54) is 0 Å². The molecule has 0 aliphatic rings. The van der Waals surface area contributed by atoms with Crippen LogP contribution in [0.5, 0.6) is 0 Å². The molecule has 0 atom stereocenters. The van der Waals surface area contributed by atoms with Gasteiger partial charge in [0, 0.05) is 16.2 Å². The van der Waals surface area contributed by atoms with Crippen molar-refractivity contribution in [2.24, 2.45) is 0 Å². The average molecular weight is 371 g/mol. The molecule has 1 N–H and O–H groups in total. The number of halogens is 3. The fourth-order valence-corrected chi connectivity index (χ4v) is 2.22. The summed E-state index contributed by atoms with van der Waals surface area (Å²) in [5.41, 5.74) is -0.692. The number of amides is 1. The number of nitrogens with one attached hydrogen (secondary N) is 1. The second-order valence-electron chi connectivity index (χ2n) is 4.41. The van der Waals surface area contributed by atoms with Gasteiger partial charge in [-0.3, -0.25) is 14.9 Å². The third-order valence-electron chi connectivity index (χ3n) is 2.97. The Kier molecular flexibility index (Phi) is 4.51. The van der Waals surface area contributed by atoms with Gasteiger partial charge in [0.1, 0.15) is 11.4 Å². The fourth-order valence-electron chi connectivity index (χ4n) is 1.86. The number of carbonyl (C=O) groups excluding carboxylic acids is 1. The number of hydrogen-bond donors (Lipinski definition) is 1. The van der Waals surface area contributed by atoms with Crippen molar-refractivity contribution in [1.29, 1.82) is 0 Å². The molecule has 0 saturated heterocycles. The topological polar surface area (TPSA) is 72.2 Å². The third kappa shape index (κ3) is 3.11. The molecule has 5 nitrogen and oxygen atoms in total. The normalized spacial score (nSPS) is 10.4. The molecule has 2 aromatic rings. The van der Waals surface area contributed by atoms with Crippen LogP contribution in [0.1, 0.15) is 15.9 Å². The van der Waals surface area contributed by atoms with Crippen LogP contribution in [-0.2, 0) is 0 Å². The number of nitro groups is 1. The van der Waals surface area contributed by atoms with Crippen LogP contribution in [-0.4, -0.2) is 10.8 Å². The lowest BCUT2D eigenvalue weighted by molar-refractivity contribution is -0.387. The van der Waals surface area contributed by atoms with Crippen molar-refractivity contribution in [1.82, 2.24) is 0 Å². The maximum atomic E-state index is 13.5.